The van der Waals surface area contributed by atoms with Gasteiger partial charge in [-0.3, -0.25) is 4.79 Å². The number of aliphatic carboxylic acids is 1. The maximum atomic E-state index is 12.7. The van der Waals surface area contributed by atoms with Crippen molar-refractivity contribution < 1.29 is 27.9 Å². The molecule has 0 aliphatic heterocycles. The Morgan fingerprint density at radius 3 is 2.42 bits per heavy atom. The second kappa shape index (κ2) is 8.11. The quantitative estimate of drug-likeness (QED) is 0.684. The Morgan fingerprint density at radius 2 is 1.81 bits per heavy atom. The smallest absolute Gasteiger partial charge is 0.305 e. The van der Waals surface area contributed by atoms with Gasteiger partial charge in [-0.05, 0) is 37.1 Å². The fourth-order valence-corrected chi connectivity index (χ4v) is 3.69. The van der Waals surface area contributed by atoms with E-state index in [1.165, 1.54) is 6.07 Å². The molecule has 0 radical (unpaired) electrons. The molecule has 2 aromatic carbocycles. The van der Waals surface area contributed by atoms with Gasteiger partial charge in [0, 0.05) is 0 Å². The van der Waals surface area contributed by atoms with Gasteiger partial charge in [0.15, 0.2) is 0 Å². The van der Waals surface area contributed by atoms with E-state index in [1.807, 2.05) is 19.1 Å². The molecule has 2 rings (SSSR count). The van der Waals surface area contributed by atoms with Gasteiger partial charge in [-0.2, -0.15) is 0 Å². The Balaban J connectivity index is 2.43. The van der Waals surface area contributed by atoms with E-state index in [-0.39, 0.29) is 16.9 Å². The van der Waals surface area contributed by atoms with E-state index in [4.69, 9.17) is 9.84 Å². The number of sulfonamides is 1. The molecule has 1 atom stereocenters. The molecule has 2 aromatic rings. The molecule has 0 aromatic heterocycles. The first-order chi connectivity index (χ1) is 12.2. The van der Waals surface area contributed by atoms with Crippen LogP contribution >= 0.6 is 0 Å². The van der Waals surface area contributed by atoms with Crippen LogP contribution in [0.2, 0.25) is 0 Å². The van der Waals surface area contributed by atoms with Gasteiger partial charge in [-0.25, -0.2) is 13.1 Å². The second-order valence-corrected chi connectivity index (χ2v) is 7.41. The number of aryl methyl sites for hydroxylation is 2. The minimum absolute atomic E-state index is 0.120. The number of nitrogens with one attached hydrogen (secondary N) is 1. The lowest BCUT2D eigenvalue weighted by molar-refractivity contribution is -0.138. The van der Waals surface area contributed by atoms with Crippen LogP contribution in [0.15, 0.2) is 47.4 Å². The Bertz CT molecular complexity index is 923. The number of hydrogen-bond donors (Lipinski definition) is 2. The van der Waals surface area contributed by atoms with Gasteiger partial charge in [-0.15, -0.1) is 0 Å². The third-order valence-corrected chi connectivity index (χ3v) is 5.15. The van der Waals surface area contributed by atoms with Gasteiger partial charge >= 0.3 is 5.97 Å². The van der Waals surface area contributed by atoms with E-state index >= 15 is 0 Å². The molecule has 138 valence electrons. The SMILES string of the molecule is Cc1ccccc1Oc1c(C)cccc1S(=O)(=O)NC(C=O)CC(=O)O. The Morgan fingerprint density at radius 1 is 1.15 bits per heavy atom. The molecule has 0 saturated heterocycles. The summed E-state index contributed by atoms with van der Waals surface area (Å²) in [7, 11) is -4.17. The van der Waals surface area contributed by atoms with Crippen LogP contribution in [-0.2, 0) is 19.6 Å². The van der Waals surface area contributed by atoms with Gasteiger partial charge in [0.1, 0.15) is 22.7 Å². The monoisotopic (exact) mass is 377 g/mol. The van der Waals surface area contributed by atoms with Gasteiger partial charge in [0.25, 0.3) is 0 Å². The zero-order chi connectivity index (χ0) is 19.3. The van der Waals surface area contributed by atoms with Gasteiger partial charge in [0.2, 0.25) is 10.0 Å². The largest absolute Gasteiger partial charge is 0.481 e. The number of carbonyl (C=O) groups is 2. The molecule has 0 spiro atoms. The van der Waals surface area contributed by atoms with Crippen molar-refractivity contribution in [1.82, 2.24) is 4.72 Å². The third-order valence-electron chi connectivity index (χ3n) is 3.64. The summed E-state index contributed by atoms with van der Waals surface area (Å²) in [5.74, 6) is -0.671. The summed E-state index contributed by atoms with van der Waals surface area (Å²) in [6.07, 6.45) is -0.397. The Kier molecular flexibility index (Phi) is 6.12. The molecule has 0 aliphatic carbocycles. The second-order valence-electron chi connectivity index (χ2n) is 5.73. The van der Waals surface area contributed by atoms with Crippen LogP contribution in [-0.4, -0.2) is 31.8 Å². The summed E-state index contributed by atoms with van der Waals surface area (Å²) in [4.78, 5) is 21.6. The van der Waals surface area contributed by atoms with E-state index < -0.39 is 28.5 Å². The fourth-order valence-electron chi connectivity index (χ4n) is 2.32. The Labute approximate surface area is 151 Å². The highest BCUT2D eigenvalue weighted by atomic mass is 32.2. The molecular formula is C18H19NO6S. The summed E-state index contributed by atoms with van der Waals surface area (Å²) in [5, 5.41) is 8.79. The molecule has 1 unspecified atom stereocenters. The molecule has 0 bridgehead atoms. The van der Waals surface area contributed by atoms with E-state index in [9.17, 15) is 18.0 Å². The number of rotatable bonds is 8. The highest BCUT2D eigenvalue weighted by Gasteiger charge is 2.26. The number of carboxylic acid groups (broad SMARTS) is 1. The minimum atomic E-state index is -4.17. The summed E-state index contributed by atoms with van der Waals surface area (Å²) < 4.78 is 33.3. The van der Waals surface area contributed by atoms with Crippen molar-refractivity contribution in [3.63, 3.8) is 0 Å². The predicted octanol–water partition coefficient (Wildman–Crippen LogP) is 2.42. The maximum Gasteiger partial charge on any atom is 0.305 e. The summed E-state index contributed by atoms with van der Waals surface area (Å²) >= 11 is 0. The van der Waals surface area contributed by atoms with Crippen LogP contribution in [0.25, 0.3) is 0 Å². The normalized spacial score (nSPS) is 12.4. The number of aldehydes is 1. The summed E-state index contributed by atoms with van der Waals surface area (Å²) in [5.41, 5.74) is 1.40. The molecular weight excluding hydrogens is 358 g/mol. The number of carbonyl (C=O) groups excluding carboxylic acids is 1. The number of benzene rings is 2. The van der Waals surface area contributed by atoms with Gasteiger partial charge in [-0.1, -0.05) is 30.3 Å². The zero-order valence-corrected chi connectivity index (χ0v) is 15.1. The lowest BCUT2D eigenvalue weighted by atomic mass is 10.2. The first kappa shape index (κ1) is 19.6. The molecule has 0 amide bonds. The minimum Gasteiger partial charge on any atom is -0.481 e. The predicted molar refractivity (Wildman–Crippen MR) is 94.9 cm³/mol. The molecule has 2 N–H and O–H groups in total. The standard InChI is InChI=1S/C18H19NO6S/c1-12-6-3-4-8-15(12)25-18-13(2)7-5-9-16(18)26(23,24)19-14(11-20)10-17(21)22/h3-9,11,14,19H,10H2,1-2H3,(H,21,22). The molecule has 8 heteroatoms. The number of carboxylic acids is 1. The van der Waals surface area contributed by atoms with E-state index in [2.05, 4.69) is 4.72 Å². The maximum absolute atomic E-state index is 12.7. The van der Waals surface area contributed by atoms with E-state index in [1.54, 1.807) is 31.2 Å². The van der Waals surface area contributed by atoms with Crippen LogP contribution in [0.5, 0.6) is 11.5 Å². The third kappa shape index (κ3) is 4.68. The molecule has 0 aliphatic rings. The zero-order valence-electron chi connectivity index (χ0n) is 14.3. The molecule has 26 heavy (non-hydrogen) atoms. The first-order valence-corrected chi connectivity index (χ1v) is 9.25. The fraction of sp³-hybridized carbons (Fsp3) is 0.222. The summed E-state index contributed by atoms with van der Waals surface area (Å²) in [6.45, 7) is 3.52. The molecule has 0 fully saturated rings. The van der Waals surface area contributed by atoms with Crippen molar-refractivity contribution in [1.29, 1.82) is 0 Å². The lowest BCUT2D eigenvalue weighted by Crippen LogP contribution is -2.37. The van der Waals surface area contributed by atoms with Crippen molar-refractivity contribution in [2.24, 2.45) is 0 Å². The average Bonchev–Trinajstić information content (AvgIpc) is 2.57. The van der Waals surface area contributed by atoms with Gasteiger partial charge in [0.05, 0.1) is 12.5 Å². The summed E-state index contributed by atoms with van der Waals surface area (Å²) in [6, 6.07) is 10.3. The highest BCUT2D eigenvalue weighted by Crippen LogP contribution is 2.33. The van der Waals surface area contributed by atoms with Crippen molar-refractivity contribution in [3.05, 3.63) is 53.6 Å². The van der Waals surface area contributed by atoms with Crippen molar-refractivity contribution in [2.75, 3.05) is 0 Å². The van der Waals surface area contributed by atoms with Crippen molar-refractivity contribution in [3.8, 4) is 11.5 Å². The van der Waals surface area contributed by atoms with Crippen LogP contribution < -0.4 is 9.46 Å². The topological polar surface area (TPSA) is 110 Å². The van der Waals surface area contributed by atoms with Gasteiger partial charge < -0.3 is 14.6 Å². The Hall–Kier alpha value is -2.71. The lowest BCUT2D eigenvalue weighted by Gasteiger charge is -2.17. The first-order valence-electron chi connectivity index (χ1n) is 7.77. The van der Waals surface area contributed by atoms with Crippen LogP contribution in [0.4, 0.5) is 0 Å². The van der Waals surface area contributed by atoms with E-state index in [0.717, 1.165) is 5.56 Å². The van der Waals surface area contributed by atoms with Crippen molar-refractivity contribution in [2.45, 2.75) is 31.2 Å². The van der Waals surface area contributed by atoms with Crippen LogP contribution in [0.1, 0.15) is 17.5 Å². The number of para-hydroxylation sites is 2. The molecule has 0 saturated carbocycles. The molecule has 0 heterocycles. The van der Waals surface area contributed by atoms with E-state index in [0.29, 0.717) is 11.3 Å². The average molecular weight is 377 g/mol. The number of hydrogen-bond acceptors (Lipinski definition) is 5. The van der Waals surface area contributed by atoms with Crippen LogP contribution in [0.3, 0.4) is 0 Å². The van der Waals surface area contributed by atoms with Crippen LogP contribution in [0, 0.1) is 13.8 Å². The number of ether oxygens (including phenoxy) is 1. The van der Waals surface area contributed by atoms with Crippen molar-refractivity contribution >= 4 is 22.3 Å². The highest BCUT2D eigenvalue weighted by molar-refractivity contribution is 7.89. The molecule has 7 nitrogen and oxygen atoms in total.